The first-order valence-corrected chi connectivity index (χ1v) is 14.6. The van der Waals surface area contributed by atoms with Crippen LogP contribution in [0.25, 0.3) is 10.8 Å². The molecule has 3 aromatic rings. The van der Waals surface area contributed by atoms with Crippen LogP contribution in [0.4, 0.5) is 11.5 Å². The number of hydrogen-bond donors (Lipinski definition) is 2. The highest BCUT2D eigenvalue weighted by Crippen LogP contribution is 2.23. The monoisotopic (exact) mass is 537 g/mol. The molecule has 4 rings (SSSR count). The van der Waals surface area contributed by atoms with E-state index in [2.05, 4.69) is 40.8 Å². The van der Waals surface area contributed by atoms with Crippen LogP contribution in [0.3, 0.4) is 0 Å². The largest absolute Gasteiger partial charge is 0.476 e. The Balaban J connectivity index is 0.000000397. The average Bonchev–Trinajstić information content (AvgIpc) is 2.99. The molecule has 0 amide bonds. The average molecular weight is 538 g/mol. The number of nitrogen functional groups attached to an aromatic ring is 1. The van der Waals surface area contributed by atoms with E-state index >= 15 is 0 Å². The molecule has 1 saturated heterocycles. The smallest absolute Gasteiger partial charge is 0.217 e. The molecule has 0 aliphatic carbocycles. The van der Waals surface area contributed by atoms with Crippen molar-refractivity contribution in [3.05, 3.63) is 60.2 Å². The summed E-state index contributed by atoms with van der Waals surface area (Å²) >= 11 is 0. The van der Waals surface area contributed by atoms with Gasteiger partial charge in [-0.05, 0) is 35.2 Å². The molecule has 7 heteroatoms. The number of hydrogen-bond acceptors (Lipinski definition) is 7. The second-order valence-corrected chi connectivity index (χ2v) is 8.63. The lowest BCUT2D eigenvalue weighted by molar-refractivity contribution is 0.0320. The molecule has 1 fully saturated rings. The number of pyridine rings is 1. The van der Waals surface area contributed by atoms with Gasteiger partial charge in [0.2, 0.25) is 5.88 Å². The van der Waals surface area contributed by atoms with Crippen molar-refractivity contribution in [2.24, 2.45) is 0 Å². The summed E-state index contributed by atoms with van der Waals surface area (Å²) in [7, 11) is 0. The second kappa shape index (κ2) is 20.8. The number of nitrogens with zero attached hydrogens (tertiary/aromatic N) is 3. The van der Waals surface area contributed by atoms with E-state index in [1.807, 2.05) is 70.2 Å². The molecule has 0 atom stereocenters. The van der Waals surface area contributed by atoms with Crippen LogP contribution in [0.15, 0.2) is 54.6 Å². The predicted octanol–water partition coefficient (Wildman–Crippen LogP) is 6.89. The molecule has 1 aliphatic rings. The number of rotatable bonds is 10. The van der Waals surface area contributed by atoms with Gasteiger partial charge < -0.3 is 25.5 Å². The Kier molecular flexibility index (Phi) is 18.0. The number of benzene rings is 2. The maximum Gasteiger partial charge on any atom is 0.217 e. The Morgan fingerprint density at radius 1 is 0.949 bits per heavy atom. The van der Waals surface area contributed by atoms with Crippen molar-refractivity contribution in [2.75, 3.05) is 63.2 Å². The van der Waals surface area contributed by atoms with E-state index in [0.29, 0.717) is 18.3 Å². The van der Waals surface area contributed by atoms with Gasteiger partial charge in [0.15, 0.2) is 0 Å². The normalized spacial score (nSPS) is 12.6. The third kappa shape index (κ3) is 12.5. The highest BCUT2D eigenvalue weighted by molar-refractivity contribution is 5.89. The molecule has 0 radical (unpaired) electrons. The molecule has 39 heavy (non-hydrogen) atoms. The van der Waals surface area contributed by atoms with Gasteiger partial charge in [-0.25, -0.2) is 0 Å². The lowest BCUT2D eigenvalue weighted by Gasteiger charge is -2.26. The molecule has 1 aromatic heterocycles. The molecule has 2 aromatic carbocycles. The van der Waals surface area contributed by atoms with Crippen LogP contribution in [-0.2, 0) is 4.74 Å². The molecule has 0 bridgehead atoms. The van der Waals surface area contributed by atoms with Gasteiger partial charge in [-0.3, -0.25) is 4.90 Å². The van der Waals surface area contributed by atoms with Crippen molar-refractivity contribution in [3.63, 3.8) is 0 Å². The maximum absolute atomic E-state index is 7.09. The Morgan fingerprint density at radius 2 is 1.59 bits per heavy atom. The summed E-state index contributed by atoms with van der Waals surface area (Å²) < 4.78 is 11.2. The lowest BCUT2D eigenvalue weighted by Crippen LogP contribution is -2.38. The quantitative estimate of drug-likeness (QED) is 0.274. The van der Waals surface area contributed by atoms with Crippen molar-refractivity contribution in [2.45, 2.75) is 54.4 Å². The minimum absolute atomic E-state index is 0.515. The fourth-order valence-corrected chi connectivity index (χ4v) is 4.08. The van der Waals surface area contributed by atoms with Crippen molar-refractivity contribution >= 4 is 28.5 Å². The first-order valence-electron chi connectivity index (χ1n) is 14.6. The fourth-order valence-electron chi connectivity index (χ4n) is 4.08. The minimum Gasteiger partial charge on any atom is -0.476 e. The molecule has 0 spiro atoms. The van der Waals surface area contributed by atoms with Gasteiger partial charge in [0.1, 0.15) is 12.4 Å². The van der Waals surface area contributed by atoms with Crippen molar-refractivity contribution < 1.29 is 9.47 Å². The van der Waals surface area contributed by atoms with E-state index in [9.17, 15) is 0 Å². The van der Waals surface area contributed by atoms with Crippen LogP contribution >= 0.6 is 0 Å². The van der Waals surface area contributed by atoms with Crippen LogP contribution < -0.4 is 15.4 Å². The highest BCUT2D eigenvalue weighted by Gasteiger charge is 2.12. The number of anilines is 2. The second-order valence-electron chi connectivity index (χ2n) is 8.63. The van der Waals surface area contributed by atoms with Gasteiger partial charge >= 0.3 is 0 Å². The molecular formula is C32H51N5O2. The zero-order valence-corrected chi connectivity index (χ0v) is 25.1. The van der Waals surface area contributed by atoms with E-state index < -0.39 is 0 Å². The molecule has 1 aliphatic heterocycles. The number of morpholine rings is 1. The Labute approximate surface area is 236 Å². The maximum atomic E-state index is 7.09. The third-order valence-corrected chi connectivity index (χ3v) is 5.86. The fraction of sp³-hybridized carbons (Fsp3) is 0.500. The van der Waals surface area contributed by atoms with E-state index in [1.165, 1.54) is 17.0 Å². The number of aromatic nitrogens is 1. The van der Waals surface area contributed by atoms with Crippen LogP contribution in [0, 0.1) is 5.41 Å². The summed E-state index contributed by atoms with van der Waals surface area (Å²) in [6, 6.07) is 18.1. The SMILES string of the molecule is CC.CC.CCCN(CCC)c1cc(N)nc(OCCN2CCOCC2)c1.N=Cc1ccc2ccccc2c1. The summed E-state index contributed by atoms with van der Waals surface area (Å²) in [6.07, 6.45) is 3.58. The molecule has 0 saturated carbocycles. The zero-order valence-electron chi connectivity index (χ0n) is 25.1. The number of ether oxygens (including phenoxy) is 2. The zero-order chi connectivity index (χ0) is 28.9. The summed E-state index contributed by atoms with van der Waals surface area (Å²) in [4.78, 5) is 8.99. The van der Waals surface area contributed by atoms with Gasteiger partial charge in [0.25, 0.3) is 0 Å². The van der Waals surface area contributed by atoms with E-state index in [-0.39, 0.29) is 0 Å². The van der Waals surface area contributed by atoms with Crippen LogP contribution in [0.5, 0.6) is 5.88 Å². The Hall–Kier alpha value is -3.16. The van der Waals surface area contributed by atoms with E-state index in [0.717, 1.165) is 70.0 Å². The molecule has 7 nitrogen and oxygen atoms in total. The van der Waals surface area contributed by atoms with Crippen molar-refractivity contribution in [1.29, 1.82) is 5.41 Å². The first-order chi connectivity index (χ1) is 19.1. The van der Waals surface area contributed by atoms with Crippen LogP contribution in [0.1, 0.15) is 59.9 Å². The van der Waals surface area contributed by atoms with E-state index in [1.54, 1.807) is 0 Å². The third-order valence-electron chi connectivity index (χ3n) is 5.86. The first kappa shape index (κ1) is 33.9. The van der Waals surface area contributed by atoms with Crippen LogP contribution in [0.2, 0.25) is 0 Å². The standard InChI is InChI=1S/C17H30N4O2.C11H9N.2C2H6/c1-3-5-21(6-4-2)15-13-16(18)19-17(14-15)23-12-9-20-7-10-22-11-8-20;12-8-9-5-6-10-3-1-2-4-11(10)7-9;2*1-2/h13-14H,3-12H2,1-2H3,(H2,18,19);1-8,12H;2*1-2H3. The van der Waals surface area contributed by atoms with Gasteiger partial charge in [0, 0.05) is 56.8 Å². The summed E-state index contributed by atoms with van der Waals surface area (Å²) in [5, 5.41) is 9.51. The van der Waals surface area contributed by atoms with Gasteiger partial charge in [0.05, 0.1) is 13.2 Å². The lowest BCUT2D eigenvalue weighted by atomic mass is 10.1. The highest BCUT2D eigenvalue weighted by atomic mass is 16.5. The summed E-state index contributed by atoms with van der Waals surface area (Å²) in [6.45, 7) is 19.5. The van der Waals surface area contributed by atoms with Crippen LogP contribution in [-0.4, -0.2) is 68.6 Å². The molecule has 0 unspecified atom stereocenters. The van der Waals surface area contributed by atoms with Gasteiger partial charge in [-0.1, -0.05) is 77.9 Å². The predicted molar refractivity (Wildman–Crippen MR) is 169 cm³/mol. The minimum atomic E-state index is 0.515. The van der Waals surface area contributed by atoms with Crippen molar-refractivity contribution in [3.8, 4) is 5.88 Å². The Morgan fingerprint density at radius 3 is 2.21 bits per heavy atom. The molecule has 216 valence electrons. The van der Waals surface area contributed by atoms with E-state index in [4.69, 9.17) is 20.6 Å². The summed E-state index contributed by atoms with van der Waals surface area (Å²) in [5.74, 6) is 1.13. The number of fused-ring (bicyclic) bond motifs is 1. The molecule has 3 N–H and O–H groups in total. The topological polar surface area (TPSA) is 87.7 Å². The summed E-state index contributed by atoms with van der Waals surface area (Å²) in [5.41, 5.74) is 8.01. The Bertz CT molecular complexity index is 1050. The van der Waals surface area contributed by atoms with Crippen molar-refractivity contribution in [1.82, 2.24) is 9.88 Å². The number of nitrogens with one attached hydrogen (secondary N) is 1. The van der Waals surface area contributed by atoms with Gasteiger partial charge in [-0.2, -0.15) is 4.98 Å². The van der Waals surface area contributed by atoms with Gasteiger partial charge in [-0.15, -0.1) is 0 Å². The molecular weight excluding hydrogens is 486 g/mol. The molecule has 2 heterocycles. The number of nitrogens with two attached hydrogens (primary N) is 1.